The third kappa shape index (κ3) is 3.31. The highest BCUT2D eigenvalue weighted by Crippen LogP contribution is 2.32. The molecule has 0 atom stereocenters. The first-order valence-electron chi connectivity index (χ1n) is 7.30. The van der Waals surface area contributed by atoms with Crippen LogP contribution in [0.2, 0.25) is 0 Å². The van der Waals surface area contributed by atoms with Crippen molar-refractivity contribution in [2.45, 2.75) is 13.8 Å². The molecular formula is C17H17N3O3. The minimum atomic E-state index is -0.372. The number of hydrogen-bond donors (Lipinski definition) is 1. The van der Waals surface area contributed by atoms with Crippen LogP contribution in [0.5, 0.6) is 5.75 Å². The Labute approximate surface area is 134 Å². The second kappa shape index (κ2) is 6.08. The van der Waals surface area contributed by atoms with Gasteiger partial charge in [0.2, 0.25) is 5.91 Å². The molecule has 118 valence electrons. The zero-order valence-electron chi connectivity index (χ0n) is 13.0. The Balaban J connectivity index is 1.78. The number of aryl methyl sites for hydroxylation is 2. The number of anilines is 2. The number of benzene rings is 1. The van der Waals surface area contributed by atoms with E-state index in [4.69, 9.17) is 4.74 Å². The fourth-order valence-corrected chi connectivity index (χ4v) is 2.46. The van der Waals surface area contributed by atoms with Gasteiger partial charge in [0.15, 0.2) is 5.75 Å². The van der Waals surface area contributed by atoms with Crippen LogP contribution < -0.4 is 15.0 Å². The van der Waals surface area contributed by atoms with Gasteiger partial charge >= 0.3 is 5.97 Å². The number of carbonyl (C=O) groups is 2. The second-order valence-electron chi connectivity index (χ2n) is 5.52. The number of nitrogens with one attached hydrogen (secondary N) is 1. The Hall–Kier alpha value is -2.89. The lowest BCUT2D eigenvalue weighted by atomic mass is 10.1. The fraction of sp³-hybridized carbons (Fsp3) is 0.235. The molecule has 0 fully saturated rings. The fourth-order valence-electron chi connectivity index (χ4n) is 2.46. The second-order valence-corrected chi connectivity index (χ2v) is 5.52. The van der Waals surface area contributed by atoms with E-state index in [-0.39, 0.29) is 25.0 Å². The van der Waals surface area contributed by atoms with Crippen LogP contribution in [-0.4, -0.2) is 29.9 Å². The number of nitrogens with zero attached hydrogens (tertiary/aromatic N) is 2. The van der Waals surface area contributed by atoms with Crippen LogP contribution in [0.15, 0.2) is 36.5 Å². The molecule has 6 heteroatoms. The Kier molecular flexibility index (Phi) is 3.97. The SMILES string of the molecule is Cc1ccc2c(c1)N(CC(=O)Nc1ncccc1C)CC(=O)O2. The van der Waals surface area contributed by atoms with Crippen molar-refractivity contribution in [2.24, 2.45) is 0 Å². The van der Waals surface area contributed by atoms with Crippen molar-refractivity contribution in [3.05, 3.63) is 47.7 Å². The topological polar surface area (TPSA) is 71.5 Å². The molecule has 1 aliphatic rings. The molecule has 2 heterocycles. The minimum absolute atomic E-state index is 0.0467. The Morgan fingerprint density at radius 1 is 1.35 bits per heavy atom. The van der Waals surface area contributed by atoms with Crippen molar-refractivity contribution >= 4 is 23.4 Å². The summed E-state index contributed by atoms with van der Waals surface area (Å²) < 4.78 is 5.21. The highest BCUT2D eigenvalue weighted by atomic mass is 16.5. The normalized spacial score (nSPS) is 13.3. The van der Waals surface area contributed by atoms with Crippen LogP contribution in [0, 0.1) is 13.8 Å². The quantitative estimate of drug-likeness (QED) is 0.694. The van der Waals surface area contributed by atoms with Gasteiger partial charge in [-0.25, -0.2) is 9.78 Å². The minimum Gasteiger partial charge on any atom is -0.423 e. The van der Waals surface area contributed by atoms with Gasteiger partial charge in [-0.2, -0.15) is 0 Å². The highest BCUT2D eigenvalue weighted by molar-refractivity contribution is 5.96. The Morgan fingerprint density at radius 3 is 2.96 bits per heavy atom. The van der Waals surface area contributed by atoms with Gasteiger partial charge in [-0.1, -0.05) is 12.1 Å². The van der Waals surface area contributed by atoms with Crippen LogP contribution in [0.1, 0.15) is 11.1 Å². The maximum Gasteiger partial charge on any atom is 0.331 e. The molecule has 0 radical (unpaired) electrons. The number of aromatic nitrogens is 1. The van der Waals surface area contributed by atoms with Crippen molar-refractivity contribution in [3.8, 4) is 5.75 Å². The molecule has 1 aliphatic heterocycles. The molecule has 0 saturated carbocycles. The molecule has 1 aromatic heterocycles. The Bertz CT molecular complexity index is 773. The summed E-state index contributed by atoms with van der Waals surface area (Å²) in [4.78, 5) is 29.8. The third-order valence-corrected chi connectivity index (χ3v) is 3.60. The van der Waals surface area contributed by atoms with Gasteiger partial charge < -0.3 is 15.0 Å². The van der Waals surface area contributed by atoms with E-state index >= 15 is 0 Å². The average Bonchev–Trinajstić information content (AvgIpc) is 2.50. The van der Waals surface area contributed by atoms with Gasteiger partial charge in [-0.05, 0) is 43.2 Å². The molecule has 1 aromatic carbocycles. The first-order valence-corrected chi connectivity index (χ1v) is 7.30. The molecule has 1 amide bonds. The molecular weight excluding hydrogens is 294 g/mol. The predicted octanol–water partition coefficient (Wildman–Crippen LogP) is 2.06. The predicted molar refractivity (Wildman–Crippen MR) is 86.6 cm³/mol. The zero-order chi connectivity index (χ0) is 16.4. The number of hydrogen-bond acceptors (Lipinski definition) is 5. The van der Waals surface area contributed by atoms with Crippen LogP contribution in [-0.2, 0) is 9.59 Å². The number of ether oxygens (including phenoxy) is 1. The van der Waals surface area contributed by atoms with Gasteiger partial charge in [-0.15, -0.1) is 0 Å². The molecule has 0 aliphatic carbocycles. The van der Waals surface area contributed by atoms with E-state index in [1.54, 1.807) is 17.2 Å². The molecule has 0 saturated heterocycles. The van der Waals surface area contributed by atoms with Crippen molar-refractivity contribution in [1.82, 2.24) is 4.98 Å². The summed E-state index contributed by atoms with van der Waals surface area (Å²) >= 11 is 0. The third-order valence-electron chi connectivity index (χ3n) is 3.60. The number of fused-ring (bicyclic) bond motifs is 1. The first-order chi connectivity index (χ1) is 11.0. The summed E-state index contributed by atoms with van der Waals surface area (Å²) in [6, 6.07) is 9.20. The van der Waals surface area contributed by atoms with E-state index in [1.165, 1.54) is 0 Å². The molecule has 3 rings (SSSR count). The van der Waals surface area contributed by atoms with E-state index in [1.807, 2.05) is 38.1 Å². The number of pyridine rings is 1. The van der Waals surface area contributed by atoms with Crippen LogP contribution in [0.25, 0.3) is 0 Å². The van der Waals surface area contributed by atoms with Gasteiger partial charge in [0.1, 0.15) is 12.4 Å². The monoisotopic (exact) mass is 311 g/mol. The molecule has 0 unspecified atom stereocenters. The lowest BCUT2D eigenvalue weighted by molar-refractivity contribution is -0.133. The standard InChI is InChI=1S/C17H17N3O3/c1-11-5-6-14-13(8-11)20(10-16(22)23-14)9-15(21)19-17-12(2)4-3-7-18-17/h3-8H,9-10H2,1-2H3,(H,18,19,21). The summed E-state index contributed by atoms with van der Waals surface area (Å²) in [5.74, 6) is 0.410. The lowest BCUT2D eigenvalue weighted by Crippen LogP contribution is -2.41. The van der Waals surface area contributed by atoms with Crippen LogP contribution in [0.3, 0.4) is 0 Å². The number of amides is 1. The first kappa shape index (κ1) is 15.0. The van der Waals surface area contributed by atoms with Gasteiger partial charge in [0.25, 0.3) is 0 Å². The van der Waals surface area contributed by atoms with E-state index in [0.29, 0.717) is 11.6 Å². The smallest absolute Gasteiger partial charge is 0.331 e. The molecule has 1 N–H and O–H groups in total. The average molecular weight is 311 g/mol. The van der Waals surface area contributed by atoms with E-state index in [0.717, 1.165) is 16.8 Å². The van der Waals surface area contributed by atoms with Crippen molar-refractivity contribution < 1.29 is 14.3 Å². The zero-order valence-corrected chi connectivity index (χ0v) is 13.0. The molecule has 0 bridgehead atoms. The molecule has 0 spiro atoms. The Morgan fingerprint density at radius 2 is 2.17 bits per heavy atom. The largest absolute Gasteiger partial charge is 0.423 e. The number of esters is 1. The number of carbonyl (C=O) groups excluding carboxylic acids is 2. The number of rotatable bonds is 3. The summed E-state index contributed by atoms with van der Waals surface area (Å²) in [6.45, 7) is 3.93. The molecule has 2 aromatic rings. The van der Waals surface area contributed by atoms with E-state index in [2.05, 4.69) is 10.3 Å². The molecule has 6 nitrogen and oxygen atoms in total. The highest BCUT2D eigenvalue weighted by Gasteiger charge is 2.25. The van der Waals surface area contributed by atoms with Gasteiger partial charge in [0.05, 0.1) is 12.2 Å². The van der Waals surface area contributed by atoms with Crippen molar-refractivity contribution in [1.29, 1.82) is 0 Å². The summed E-state index contributed by atoms with van der Waals surface area (Å²) in [5.41, 5.74) is 2.67. The maximum atomic E-state index is 12.3. The van der Waals surface area contributed by atoms with Gasteiger partial charge in [-0.3, -0.25) is 4.79 Å². The van der Waals surface area contributed by atoms with Crippen molar-refractivity contribution in [2.75, 3.05) is 23.3 Å². The summed E-state index contributed by atoms with van der Waals surface area (Å²) in [6.07, 6.45) is 1.62. The maximum absolute atomic E-state index is 12.3. The molecule has 23 heavy (non-hydrogen) atoms. The van der Waals surface area contributed by atoms with Gasteiger partial charge in [0, 0.05) is 6.20 Å². The lowest BCUT2D eigenvalue weighted by Gasteiger charge is -2.29. The van der Waals surface area contributed by atoms with Crippen LogP contribution >= 0.6 is 0 Å². The van der Waals surface area contributed by atoms with E-state index < -0.39 is 0 Å². The van der Waals surface area contributed by atoms with E-state index in [9.17, 15) is 9.59 Å². The summed E-state index contributed by atoms with van der Waals surface area (Å²) in [5, 5.41) is 2.77. The van der Waals surface area contributed by atoms with Crippen molar-refractivity contribution in [3.63, 3.8) is 0 Å². The van der Waals surface area contributed by atoms with Crippen LogP contribution in [0.4, 0.5) is 11.5 Å². The summed E-state index contributed by atoms with van der Waals surface area (Å²) in [7, 11) is 0.